The molecule has 1 aliphatic rings. The van der Waals surface area contributed by atoms with E-state index >= 15 is 0 Å². The second-order valence-electron chi connectivity index (χ2n) is 6.76. The fraction of sp³-hybridized carbons (Fsp3) is 0.500. The number of anilines is 1. The molecule has 1 heterocycles. The van der Waals surface area contributed by atoms with Crippen molar-refractivity contribution in [3.05, 3.63) is 29.8 Å². The SMILES string of the molecule is C#Cc1cccc(N(CC(=O)NC2CCN(C(C)=O)CC2)C(C)C)c1. The summed E-state index contributed by atoms with van der Waals surface area (Å²) >= 11 is 0. The maximum Gasteiger partial charge on any atom is 0.239 e. The number of carbonyl (C=O) groups is 2. The van der Waals surface area contributed by atoms with Crippen LogP contribution in [-0.2, 0) is 9.59 Å². The maximum absolute atomic E-state index is 12.5. The van der Waals surface area contributed by atoms with Gasteiger partial charge in [-0.3, -0.25) is 9.59 Å². The highest BCUT2D eigenvalue weighted by Crippen LogP contribution is 2.18. The number of carbonyl (C=O) groups excluding carboxylic acids is 2. The van der Waals surface area contributed by atoms with Crippen LogP contribution in [0.2, 0.25) is 0 Å². The van der Waals surface area contributed by atoms with Crippen molar-refractivity contribution in [1.29, 1.82) is 0 Å². The van der Waals surface area contributed by atoms with Crippen LogP contribution >= 0.6 is 0 Å². The highest BCUT2D eigenvalue weighted by molar-refractivity contribution is 5.82. The van der Waals surface area contributed by atoms with E-state index in [4.69, 9.17) is 6.42 Å². The number of likely N-dealkylation sites (tertiary alicyclic amines) is 1. The Balaban J connectivity index is 1.95. The van der Waals surface area contributed by atoms with E-state index in [0.29, 0.717) is 19.6 Å². The minimum absolute atomic E-state index is 0.00101. The van der Waals surface area contributed by atoms with Crippen LogP contribution < -0.4 is 10.2 Å². The van der Waals surface area contributed by atoms with Crippen molar-refractivity contribution in [1.82, 2.24) is 10.2 Å². The van der Waals surface area contributed by atoms with Gasteiger partial charge < -0.3 is 15.1 Å². The van der Waals surface area contributed by atoms with Crippen LogP contribution in [0.5, 0.6) is 0 Å². The molecule has 0 saturated carbocycles. The molecule has 1 aromatic rings. The predicted molar refractivity (Wildman–Crippen MR) is 100 cm³/mol. The van der Waals surface area contributed by atoms with Gasteiger partial charge in [0.25, 0.3) is 0 Å². The summed E-state index contributed by atoms with van der Waals surface area (Å²) < 4.78 is 0. The van der Waals surface area contributed by atoms with Gasteiger partial charge >= 0.3 is 0 Å². The molecule has 1 aliphatic heterocycles. The summed E-state index contributed by atoms with van der Waals surface area (Å²) in [6.07, 6.45) is 7.09. The molecule has 0 bridgehead atoms. The summed E-state index contributed by atoms with van der Waals surface area (Å²) in [5.41, 5.74) is 1.76. The number of amides is 2. The number of hydrogen-bond donors (Lipinski definition) is 1. The van der Waals surface area contributed by atoms with Crippen LogP contribution in [0.25, 0.3) is 0 Å². The third-order valence-corrected chi connectivity index (χ3v) is 4.59. The van der Waals surface area contributed by atoms with Crippen molar-refractivity contribution < 1.29 is 9.59 Å². The lowest BCUT2D eigenvalue weighted by molar-refractivity contribution is -0.130. The van der Waals surface area contributed by atoms with E-state index in [-0.39, 0.29) is 23.9 Å². The van der Waals surface area contributed by atoms with Crippen LogP contribution in [0.15, 0.2) is 24.3 Å². The molecule has 0 atom stereocenters. The van der Waals surface area contributed by atoms with Crippen LogP contribution in [-0.4, -0.2) is 48.4 Å². The molecule has 2 rings (SSSR count). The first-order chi connectivity index (χ1) is 11.9. The molecular formula is C20H27N3O2. The Morgan fingerprint density at radius 3 is 2.60 bits per heavy atom. The first-order valence-corrected chi connectivity index (χ1v) is 8.79. The Bertz CT molecular complexity index is 655. The molecule has 0 aliphatic carbocycles. The van der Waals surface area contributed by atoms with Crippen molar-refractivity contribution >= 4 is 17.5 Å². The summed E-state index contributed by atoms with van der Waals surface area (Å²) in [7, 11) is 0. The van der Waals surface area contributed by atoms with Gasteiger partial charge in [-0.15, -0.1) is 6.42 Å². The quantitative estimate of drug-likeness (QED) is 0.834. The Hall–Kier alpha value is -2.48. The van der Waals surface area contributed by atoms with Crippen molar-refractivity contribution in [2.75, 3.05) is 24.5 Å². The molecule has 1 aromatic carbocycles. The molecule has 0 aromatic heterocycles. The van der Waals surface area contributed by atoms with Crippen molar-refractivity contribution in [2.24, 2.45) is 0 Å². The number of hydrogen-bond acceptors (Lipinski definition) is 3. The van der Waals surface area contributed by atoms with E-state index in [1.165, 1.54) is 0 Å². The first kappa shape index (κ1) is 18.9. The van der Waals surface area contributed by atoms with E-state index in [1.807, 2.05) is 34.1 Å². The van der Waals surface area contributed by atoms with E-state index < -0.39 is 0 Å². The Morgan fingerprint density at radius 2 is 2.04 bits per heavy atom. The van der Waals surface area contributed by atoms with Gasteiger partial charge in [-0.2, -0.15) is 0 Å². The Labute approximate surface area is 150 Å². The molecular weight excluding hydrogens is 314 g/mol. The lowest BCUT2D eigenvalue weighted by atomic mass is 10.0. The van der Waals surface area contributed by atoms with Gasteiger partial charge in [0.1, 0.15) is 0 Å². The zero-order chi connectivity index (χ0) is 18.4. The zero-order valence-corrected chi connectivity index (χ0v) is 15.3. The molecule has 5 nitrogen and oxygen atoms in total. The second-order valence-corrected chi connectivity index (χ2v) is 6.76. The number of benzene rings is 1. The van der Waals surface area contributed by atoms with Crippen molar-refractivity contribution in [2.45, 2.75) is 45.7 Å². The van der Waals surface area contributed by atoms with Crippen molar-refractivity contribution in [3.8, 4) is 12.3 Å². The maximum atomic E-state index is 12.5. The molecule has 25 heavy (non-hydrogen) atoms. The molecule has 1 fully saturated rings. The van der Waals surface area contributed by atoms with Gasteiger partial charge in [-0.25, -0.2) is 0 Å². The first-order valence-electron chi connectivity index (χ1n) is 8.79. The number of rotatable bonds is 5. The largest absolute Gasteiger partial charge is 0.360 e. The van der Waals surface area contributed by atoms with Gasteiger partial charge in [0.15, 0.2) is 0 Å². The Kier molecular flexibility index (Phi) is 6.46. The standard InChI is InChI=1S/C20H27N3O2/c1-5-17-7-6-8-19(13-17)23(15(2)3)14-20(25)21-18-9-11-22(12-10-18)16(4)24/h1,6-8,13,15,18H,9-12,14H2,2-4H3,(H,21,25). The van der Waals surface area contributed by atoms with Crippen LogP contribution in [0.4, 0.5) is 5.69 Å². The van der Waals surface area contributed by atoms with E-state index in [0.717, 1.165) is 24.1 Å². The Morgan fingerprint density at radius 1 is 1.36 bits per heavy atom. The third-order valence-electron chi connectivity index (χ3n) is 4.59. The number of terminal acetylenes is 1. The van der Waals surface area contributed by atoms with Gasteiger partial charge in [0, 0.05) is 43.3 Å². The smallest absolute Gasteiger partial charge is 0.239 e. The fourth-order valence-corrected chi connectivity index (χ4v) is 3.11. The molecule has 134 valence electrons. The average molecular weight is 341 g/mol. The minimum atomic E-state index is 0.00101. The molecule has 0 spiro atoms. The lowest BCUT2D eigenvalue weighted by Gasteiger charge is -2.33. The summed E-state index contributed by atoms with van der Waals surface area (Å²) in [6.45, 7) is 7.40. The van der Waals surface area contributed by atoms with E-state index in [1.54, 1.807) is 6.92 Å². The van der Waals surface area contributed by atoms with Gasteiger partial charge in [-0.05, 0) is 44.9 Å². The second kappa shape index (κ2) is 8.57. The lowest BCUT2D eigenvalue weighted by Crippen LogP contribution is -2.49. The van der Waals surface area contributed by atoms with Crippen LogP contribution in [0.3, 0.4) is 0 Å². The van der Waals surface area contributed by atoms with Gasteiger partial charge in [0.05, 0.1) is 6.54 Å². The molecule has 0 unspecified atom stereocenters. The van der Waals surface area contributed by atoms with E-state index in [9.17, 15) is 9.59 Å². The van der Waals surface area contributed by atoms with Crippen LogP contribution in [0.1, 0.15) is 39.2 Å². The average Bonchev–Trinajstić information content (AvgIpc) is 2.60. The summed E-state index contributed by atoms with van der Waals surface area (Å²) in [4.78, 5) is 27.7. The summed E-state index contributed by atoms with van der Waals surface area (Å²) in [5, 5.41) is 3.10. The topological polar surface area (TPSA) is 52.7 Å². The summed E-state index contributed by atoms with van der Waals surface area (Å²) in [6, 6.07) is 8.01. The molecule has 2 amide bonds. The predicted octanol–water partition coefficient (Wildman–Crippen LogP) is 2.01. The minimum Gasteiger partial charge on any atom is -0.360 e. The number of nitrogens with zero attached hydrogens (tertiary/aromatic N) is 2. The highest BCUT2D eigenvalue weighted by atomic mass is 16.2. The molecule has 5 heteroatoms. The number of nitrogens with one attached hydrogen (secondary N) is 1. The van der Waals surface area contributed by atoms with Crippen LogP contribution in [0, 0.1) is 12.3 Å². The van der Waals surface area contributed by atoms with Crippen molar-refractivity contribution in [3.63, 3.8) is 0 Å². The highest BCUT2D eigenvalue weighted by Gasteiger charge is 2.23. The molecule has 1 saturated heterocycles. The third kappa shape index (κ3) is 5.25. The molecule has 1 N–H and O–H groups in total. The zero-order valence-electron chi connectivity index (χ0n) is 15.3. The monoisotopic (exact) mass is 341 g/mol. The van der Waals surface area contributed by atoms with Gasteiger partial charge in [0.2, 0.25) is 11.8 Å². The normalized spacial score (nSPS) is 14.9. The number of piperidine rings is 1. The fourth-order valence-electron chi connectivity index (χ4n) is 3.11. The van der Waals surface area contributed by atoms with Gasteiger partial charge in [-0.1, -0.05) is 12.0 Å². The molecule has 0 radical (unpaired) electrons. The van der Waals surface area contributed by atoms with E-state index in [2.05, 4.69) is 25.1 Å². The summed E-state index contributed by atoms with van der Waals surface area (Å²) in [5.74, 6) is 2.74.